The summed E-state index contributed by atoms with van der Waals surface area (Å²) in [5, 5.41) is 9.98. The van der Waals surface area contributed by atoms with Crippen LogP contribution in [0.4, 0.5) is 17.1 Å². The second kappa shape index (κ2) is 15.6. The maximum atomic E-state index is 2.52. The summed E-state index contributed by atoms with van der Waals surface area (Å²) in [4.78, 5) is 2.52. The SMILES string of the molecule is CC1(c2ccccc2)c2ccccc2-c2cccc(N(c3cccc(-c4ccc5c(c4)c(-c4ccccc4)c(-c4ccccc4)c4ccccc45)c3)c3ccc4c(ccc5ccccc54)c3)c21. The maximum Gasteiger partial charge on any atom is 0.0512 e. The van der Waals surface area contributed by atoms with Crippen LogP contribution in [0.2, 0.25) is 0 Å². The summed E-state index contributed by atoms with van der Waals surface area (Å²) >= 11 is 0. The van der Waals surface area contributed by atoms with Crippen molar-refractivity contribution < 1.29 is 0 Å². The van der Waals surface area contributed by atoms with E-state index in [1.807, 2.05) is 0 Å². The largest absolute Gasteiger partial charge is 0.310 e. The molecule has 0 fully saturated rings. The van der Waals surface area contributed by atoms with Gasteiger partial charge in [-0.3, -0.25) is 0 Å². The third kappa shape index (κ3) is 6.16. The molecule has 13 rings (SSSR count). The van der Waals surface area contributed by atoms with E-state index in [0.717, 1.165) is 16.9 Å². The first kappa shape index (κ1) is 38.9. The average molecular weight is 852 g/mol. The summed E-state index contributed by atoms with van der Waals surface area (Å²) in [5.41, 5.74) is 16.7. The van der Waals surface area contributed by atoms with E-state index in [1.54, 1.807) is 0 Å². The van der Waals surface area contributed by atoms with Crippen LogP contribution in [-0.4, -0.2) is 0 Å². The fourth-order valence-corrected chi connectivity index (χ4v) is 11.4. The molecule has 1 aliphatic carbocycles. The molecule has 1 unspecified atom stereocenters. The summed E-state index contributed by atoms with van der Waals surface area (Å²) in [6, 6.07) is 94.3. The monoisotopic (exact) mass is 851 g/mol. The van der Waals surface area contributed by atoms with Crippen LogP contribution in [0, 0.1) is 0 Å². The Bertz CT molecular complexity index is 3870. The molecule has 1 atom stereocenters. The lowest BCUT2D eigenvalue weighted by atomic mass is 9.73. The Balaban J connectivity index is 1.06. The van der Waals surface area contributed by atoms with Gasteiger partial charge in [-0.25, -0.2) is 0 Å². The van der Waals surface area contributed by atoms with E-state index in [-0.39, 0.29) is 0 Å². The lowest BCUT2D eigenvalue weighted by molar-refractivity contribution is 0.714. The zero-order valence-corrected chi connectivity index (χ0v) is 37.2. The second-order valence-electron chi connectivity index (χ2n) is 18.1. The second-order valence-corrected chi connectivity index (χ2v) is 18.1. The maximum absolute atomic E-state index is 2.52. The van der Waals surface area contributed by atoms with Gasteiger partial charge in [0.1, 0.15) is 0 Å². The van der Waals surface area contributed by atoms with Crippen molar-refractivity contribution in [2.24, 2.45) is 0 Å². The number of hydrogen-bond donors (Lipinski definition) is 0. The van der Waals surface area contributed by atoms with Gasteiger partial charge in [0.2, 0.25) is 0 Å². The third-order valence-corrected chi connectivity index (χ3v) is 14.5. The molecule has 0 spiro atoms. The Morgan fingerprint density at radius 3 is 1.64 bits per heavy atom. The predicted octanol–water partition coefficient (Wildman–Crippen LogP) is 18.1. The Kier molecular flexibility index (Phi) is 9.05. The molecular formula is C66H45N. The van der Waals surface area contributed by atoms with Crippen LogP contribution in [0.3, 0.4) is 0 Å². The third-order valence-electron chi connectivity index (χ3n) is 14.5. The van der Waals surface area contributed by atoms with Gasteiger partial charge in [0.25, 0.3) is 0 Å². The van der Waals surface area contributed by atoms with E-state index >= 15 is 0 Å². The van der Waals surface area contributed by atoms with E-state index in [4.69, 9.17) is 0 Å². The number of rotatable bonds is 7. The molecule has 12 aromatic rings. The Morgan fingerprint density at radius 2 is 0.851 bits per heavy atom. The van der Waals surface area contributed by atoms with Crippen molar-refractivity contribution in [3.05, 3.63) is 271 Å². The fourth-order valence-electron chi connectivity index (χ4n) is 11.4. The zero-order chi connectivity index (χ0) is 44.5. The molecule has 1 nitrogen and oxygen atoms in total. The molecule has 12 aromatic carbocycles. The molecule has 0 radical (unpaired) electrons. The van der Waals surface area contributed by atoms with Gasteiger partial charge in [0.15, 0.2) is 0 Å². The summed E-state index contributed by atoms with van der Waals surface area (Å²) in [6.45, 7) is 2.42. The highest BCUT2D eigenvalue weighted by molar-refractivity contribution is 6.22. The van der Waals surface area contributed by atoms with E-state index in [0.29, 0.717) is 0 Å². The van der Waals surface area contributed by atoms with Gasteiger partial charge in [-0.15, -0.1) is 0 Å². The first-order chi connectivity index (χ1) is 33.1. The van der Waals surface area contributed by atoms with Crippen LogP contribution in [0.5, 0.6) is 0 Å². The molecule has 1 heteroatoms. The molecule has 0 amide bonds. The molecule has 1 aliphatic rings. The lowest BCUT2D eigenvalue weighted by Gasteiger charge is -2.35. The van der Waals surface area contributed by atoms with Gasteiger partial charge in [-0.2, -0.15) is 0 Å². The molecule has 0 heterocycles. The molecule has 0 bridgehead atoms. The van der Waals surface area contributed by atoms with E-state index in [2.05, 4.69) is 267 Å². The van der Waals surface area contributed by atoms with Gasteiger partial charge >= 0.3 is 0 Å². The van der Waals surface area contributed by atoms with Crippen LogP contribution in [0.15, 0.2) is 255 Å². The summed E-state index contributed by atoms with van der Waals surface area (Å²) in [5.74, 6) is 0. The number of fused-ring (bicyclic) bond motifs is 9. The number of anilines is 3. The molecule has 0 N–H and O–H groups in total. The van der Waals surface area contributed by atoms with E-state index in [1.165, 1.54) is 104 Å². The van der Waals surface area contributed by atoms with Gasteiger partial charge in [0, 0.05) is 16.8 Å². The van der Waals surface area contributed by atoms with Crippen LogP contribution in [0.25, 0.3) is 87.6 Å². The van der Waals surface area contributed by atoms with Crippen LogP contribution >= 0.6 is 0 Å². The van der Waals surface area contributed by atoms with Crippen molar-refractivity contribution >= 4 is 60.2 Å². The first-order valence-electron chi connectivity index (χ1n) is 23.3. The summed E-state index contributed by atoms with van der Waals surface area (Å²) in [6.07, 6.45) is 0. The van der Waals surface area contributed by atoms with Gasteiger partial charge < -0.3 is 4.90 Å². The summed E-state index contributed by atoms with van der Waals surface area (Å²) < 4.78 is 0. The number of benzene rings is 12. The highest BCUT2D eigenvalue weighted by Gasteiger charge is 2.43. The molecule has 314 valence electrons. The number of hydrogen-bond acceptors (Lipinski definition) is 1. The first-order valence-corrected chi connectivity index (χ1v) is 23.3. The highest BCUT2D eigenvalue weighted by Crippen LogP contribution is 2.57. The minimum Gasteiger partial charge on any atom is -0.310 e. The van der Waals surface area contributed by atoms with Crippen LogP contribution < -0.4 is 4.90 Å². The highest BCUT2D eigenvalue weighted by atomic mass is 15.1. The minimum atomic E-state index is -0.405. The molecule has 67 heavy (non-hydrogen) atoms. The fraction of sp³-hybridized carbons (Fsp3) is 0.0303. The molecule has 0 aromatic heterocycles. The normalized spacial score (nSPS) is 14.1. The molecule has 0 saturated heterocycles. The van der Waals surface area contributed by atoms with Crippen molar-refractivity contribution in [3.8, 4) is 44.5 Å². The quantitative estimate of drug-likeness (QED) is 0.144. The van der Waals surface area contributed by atoms with Gasteiger partial charge in [-0.05, 0) is 148 Å². The topological polar surface area (TPSA) is 3.24 Å². The van der Waals surface area contributed by atoms with Crippen molar-refractivity contribution in [3.63, 3.8) is 0 Å². The molecular weight excluding hydrogens is 807 g/mol. The lowest BCUT2D eigenvalue weighted by Crippen LogP contribution is -2.25. The Labute approximate surface area is 391 Å². The van der Waals surface area contributed by atoms with Crippen LogP contribution in [-0.2, 0) is 5.41 Å². The average Bonchev–Trinajstić information content (AvgIpc) is 3.67. The van der Waals surface area contributed by atoms with Crippen molar-refractivity contribution in [1.82, 2.24) is 0 Å². The Morgan fingerprint density at radius 1 is 0.313 bits per heavy atom. The standard InChI is InChI=1S/C66H45N/c1-66(50-25-9-4-10-26-50)61-33-16-15-30-57(61)59-32-18-34-62(65(59)66)67(52-38-40-54-49(42-52)36-35-44-19-11-12-28-53(44)54)51-27-17-24-47(41-51)48-37-39-56-55-29-13-14-31-58(55)63(45-20-5-2-6-21-45)64(60(56)43-48)46-22-7-3-8-23-46/h2-43H,1H3. The van der Waals surface area contributed by atoms with E-state index < -0.39 is 5.41 Å². The number of nitrogens with zero attached hydrogens (tertiary/aromatic N) is 1. The minimum absolute atomic E-state index is 0.405. The summed E-state index contributed by atoms with van der Waals surface area (Å²) in [7, 11) is 0. The smallest absolute Gasteiger partial charge is 0.0512 e. The van der Waals surface area contributed by atoms with Crippen LogP contribution in [0.1, 0.15) is 23.6 Å². The van der Waals surface area contributed by atoms with Crippen molar-refractivity contribution in [2.45, 2.75) is 12.3 Å². The van der Waals surface area contributed by atoms with Gasteiger partial charge in [0.05, 0.1) is 5.69 Å². The molecule has 0 aliphatic heterocycles. The van der Waals surface area contributed by atoms with Gasteiger partial charge in [-0.1, -0.05) is 218 Å². The predicted molar refractivity (Wildman–Crippen MR) is 285 cm³/mol. The van der Waals surface area contributed by atoms with Crippen molar-refractivity contribution in [1.29, 1.82) is 0 Å². The zero-order valence-electron chi connectivity index (χ0n) is 37.2. The van der Waals surface area contributed by atoms with Crippen molar-refractivity contribution in [2.75, 3.05) is 4.90 Å². The Hall–Kier alpha value is -8.52. The molecule has 0 saturated carbocycles. The van der Waals surface area contributed by atoms with E-state index in [9.17, 15) is 0 Å².